The van der Waals surface area contributed by atoms with Gasteiger partial charge in [-0.2, -0.15) is 0 Å². The van der Waals surface area contributed by atoms with Crippen molar-refractivity contribution in [3.05, 3.63) is 29.3 Å². The van der Waals surface area contributed by atoms with Crippen LogP contribution in [0.2, 0.25) is 0 Å². The molecule has 2 fully saturated rings. The SMILES string of the molecule is COc1cc(C(=O)N2CCCC(N3CCNCC3=O)C2)ccc1C.Cl. The average Bonchev–Trinajstić information content (AvgIpc) is 2.62. The van der Waals surface area contributed by atoms with Crippen molar-refractivity contribution >= 4 is 24.2 Å². The molecule has 1 aromatic carbocycles. The zero-order valence-electron chi connectivity index (χ0n) is 14.8. The number of carbonyl (C=O) groups is 2. The Labute approximate surface area is 154 Å². The third kappa shape index (κ3) is 4.25. The highest BCUT2D eigenvalue weighted by molar-refractivity contribution is 5.95. The highest BCUT2D eigenvalue weighted by Gasteiger charge is 2.32. The Morgan fingerprint density at radius 2 is 2.12 bits per heavy atom. The van der Waals surface area contributed by atoms with E-state index in [4.69, 9.17) is 4.74 Å². The molecular formula is C18H26ClN3O3. The van der Waals surface area contributed by atoms with Crippen molar-refractivity contribution in [3.63, 3.8) is 0 Å². The number of ether oxygens (including phenoxy) is 1. The number of benzene rings is 1. The molecule has 1 N–H and O–H groups in total. The van der Waals surface area contributed by atoms with Gasteiger partial charge in [0.2, 0.25) is 5.91 Å². The summed E-state index contributed by atoms with van der Waals surface area (Å²) in [5.74, 6) is 0.879. The Morgan fingerprint density at radius 3 is 2.84 bits per heavy atom. The number of amides is 2. The highest BCUT2D eigenvalue weighted by Crippen LogP contribution is 2.23. The summed E-state index contributed by atoms with van der Waals surface area (Å²) in [5, 5.41) is 3.10. The van der Waals surface area contributed by atoms with Crippen LogP contribution in [0.1, 0.15) is 28.8 Å². The Morgan fingerprint density at radius 1 is 1.32 bits per heavy atom. The van der Waals surface area contributed by atoms with Crippen LogP contribution in [0.15, 0.2) is 18.2 Å². The maximum absolute atomic E-state index is 12.8. The molecule has 3 rings (SSSR count). The fraction of sp³-hybridized carbons (Fsp3) is 0.556. The summed E-state index contributed by atoms with van der Waals surface area (Å²) in [7, 11) is 1.61. The molecule has 6 nitrogen and oxygen atoms in total. The van der Waals surface area contributed by atoms with Gasteiger partial charge in [-0.1, -0.05) is 6.07 Å². The summed E-state index contributed by atoms with van der Waals surface area (Å²) in [6.07, 6.45) is 1.89. The number of carbonyl (C=O) groups excluding carboxylic acids is 2. The molecule has 2 aliphatic rings. The minimum atomic E-state index is 0. The number of nitrogens with zero attached hydrogens (tertiary/aromatic N) is 2. The fourth-order valence-electron chi connectivity index (χ4n) is 3.54. The van der Waals surface area contributed by atoms with Crippen LogP contribution in [0.5, 0.6) is 5.75 Å². The lowest BCUT2D eigenvalue weighted by atomic mass is 10.0. The Hall–Kier alpha value is -1.79. The smallest absolute Gasteiger partial charge is 0.254 e. The molecule has 2 saturated heterocycles. The molecule has 7 heteroatoms. The van der Waals surface area contributed by atoms with E-state index in [9.17, 15) is 9.59 Å². The van der Waals surface area contributed by atoms with E-state index in [1.165, 1.54) is 0 Å². The van der Waals surface area contributed by atoms with Crippen LogP contribution in [0, 0.1) is 6.92 Å². The van der Waals surface area contributed by atoms with Crippen molar-refractivity contribution < 1.29 is 14.3 Å². The van der Waals surface area contributed by atoms with Crippen LogP contribution >= 0.6 is 12.4 Å². The minimum absolute atomic E-state index is 0. The van der Waals surface area contributed by atoms with E-state index in [-0.39, 0.29) is 30.3 Å². The molecule has 1 aromatic rings. The Bertz CT molecular complexity index is 638. The maximum Gasteiger partial charge on any atom is 0.254 e. The first-order chi connectivity index (χ1) is 11.6. The molecule has 0 aromatic heterocycles. The van der Waals surface area contributed by atoms with Gasteiger partial charge in [0.05, 0.1) is 13.7 Å². The zero-order chi connectivity index (χ0) is 17.1. The van der Waals surface area contributed by atoms with Gasteiger partial charge in [-0.25, -0.2) is 0 Å². The van der Waals surface area contributed by atoms with Crippen molar-refractivity contribution in [2.24, 2.45) is 0 Å². The number of methoxy groups -OCH3 is 1. The van der Waals surface area contributed by atoms with Crippen LogP contribution in [-0.4, -0.2) is 67.5 Å². The van der Waals surface area contributed by atoms with Crippen LogP contribution in [-0.2, 0) is 4.79 Å². The molecule has 138 valence electrons. The quantitative estimate of drug-likeness (QED) is 0.878. The van der Waals surface area contributed by atoms with Gasteiger partial charge in [0.15, 0.2) is 0 Å². The van der Waals surface area contributed by atoms with Crippen molar-refractivity contribution in [1.29, 1.82) is 0 Å². The summed E-state index contributed by atoms with van der Waals surface area (Å²) in [5.41, 5.74) is 1.65. The normalized spacial score (nSPS) is 20.9. The number of nitrogens with one attached hydrogen (secondary N) is 1. The third-order valence-corrected chi connectivity index (χ3v) is 4.91. The van der Waals surface area contributed by atoms with Gasteiger partial charge in [-0.3, -0.25) is 9.59 Å². The van der Waals surface area contributed by atoms with Gasteiger partial charge in [0, 0.05) is 37.8 Å². The second-order valence-corrected chi connectivity index (χ2v) is 6.50. The topological polar surface area (TPSA) is 61.9 Å². The Kier molecular flexibility index (Phi) is 6.67. The van der Waals surface area contributed by atoms with E-state index in [0.717, 1.165) is 43.8 Å². The number of piperazine rings is 1. The summed E-state index contributed by atoms with van der Waals surface area (Å²) < 4.78 is 5.32. The Balaban J connectivity index is 0.00000225. The third-order valence-electron chi connectivity index (χ3n) is 4.91. The summed E-state index contributed by atoms with van der Waals surface area (Å²) in [6.45, 7) is 5.27. The zero-order valence-corrected chi connectivity index (χ0v) is 15.6. The largest absolute Gasteiger partial charge is 0.496 e. The molecule has 2 aliphatic heterocycles. The van der Waals surface area contributed by atoms with Gasteiger partial charge in [0.1, 0.15) is 5.75 Å². The van der Waals surface area contributed by atoms with Crippen LogP contribution in [0.25, 0.3) is 0 Å². The molecule has 0 spiro atoms. The molecular weight excluding hydrogens is 342 g/mol. The lowest BCUT2D eigenvalue weighted by Gasteiger charge is -2.41. The van der Waals surface area contributed by atoms with Gasteiger partial charge in [0.25, 0.3) is 5.91 Å². The summed E-state index contributed by atoms with van der Waals surface area (Å²) in [4.78, 5) is 28.8. The monoisotopic (exact) mass is 367 g/mol. The van der Waals surface area contributed by atoms with E-state index >= 15 is 0 Å². The van der Waals surface area contributed by atoms with Crippen molar-refractivity contribution in [1.82, 2.24) is 15.1 Å². The van der Waals surface area contributed by atoms with Gasteiger partial charge < -0.3 is 19.9 Å². The van der Waals surface area contributed by atoms with E-state index in [0.29, 0.717) is 18.7 Å². The minimum Gasteiger partial charge on any atom is -0.496 e. The lowest BCUT2D eigenvalue weighted by molar-refractivity contribution is -0.135. The molecule has 2 heterocycles. The second-order valence-electron chi connectivity index (χ2n) is 6.50. The average molecular weight is 368 g/mol. The molecule has 0 aliphatic carbocycles. The number of likely N-dealkylation sites (tertiary alicyclic amines) is 1. The number of hydrogen-bond donors (Lipinski definition) is 1. The molecule has 2 amide bonds. The molecule has 1 unspecified atom stereocenters. The standard InChI is InChI=1S/C18H25N3O3.ClH/c1-13-5-6-14(10-16(13)24-2)18(23)20-8-3-4-15(12-20)21-9-7-19-11-17(21)22;/h5-6,10,15,19H,3-4,7-9,11-12H2,1-2H3;1H. The number of piperidine rings is 1. The van der Waals surface area contributed by atoms with Gasteiger partial charge in [-0.05, 0) is 37.5 Å². The first-order valence-corrected chi connectivity index (χ1v) is 8.54. The molecule has 1 atom stereocenters. The number of hydrogen-bond acceptors (Lipinski definition) is 4. The van der Waals surface area contributed by atoms with Crippen molar-refractivity contribution in [3.8, 4) is 5.75 Å². The van der Waals surface area contributed by atoms with Gasteiger partial charge in [-0.15, -0.1) is 12.4 Å². The van der Waals surface area contributed by atoms with E-state index in [2.05, 4.69) is 5.32 Å². The predicted molar refractivity (Wildman–Crippen MR) is 98.5 cm³/mol. The molecule has 0 saturated carbocycles. The van der Waals surface area contributed by atoms with E-state index < -0.39 is 0 Å². The van der Waals surface area contributed by atoms with E-state index in [1.807, 2.05) is 28.9 Å². The summed E-state index contributed by atoms with van der Waals surface area (Å²) >= 11 is 0. The predicted octanol–water partition coefficient (Wildman–Crippen LogP) is 1.46. The second kappa shape index (κ2) is 8.54. The summed E-state index contributed by atoms with van der Waals surface area (Å²) in [6, 6.07) is 5.69. The fourth-order valence-corrected chi connectivity index (χ4v) is 3.54. The number of halogens is 1. The van der Waals surface area contributed by atoms with Gasteiger partial charge >= 0.3 is 0 Å². The van der Waals surface area contributed by atoms with E-state index in [1.54, 1.807) is 13.2 Å². The number of aryl methyl sites for hydroxylation is 1. The lowest BCUT2D eigenvalue weighted by Crippen LogP contribution is -2.57. The van der Waals surface area contributed by atoms with Crippen LogP contribution in [0.3, 0.4) is 0 Å². The molecule has 25 heavy (non-hydrogen) atoms. The highest BCUT2D eigenvalue weighted by atomic mass is 35.5. The molecule has 0 radical (unpaired) electrons. The first-order valence-electron chi connectivity index (χ1n) is 8.54. The first kappa shape index (κ1) is 19.5. The maximum atomic E-state index is 12.8. The van der Waals surface area contributed by atoms with Crippen molar-refractivity contribution in [2.45, 2.75) is 25.8 Å². The van der Waals surface area contributed by atoms with Crippen molar-refractivity contribution in [2.75, 3.05) is 39.8 Å². The van der Waals surface area contributed by atoms with Crippen LogP contribution < -0.4 is 10.1 Å². The van der Waals surface area contributed by atoms with Crippen LogP contribution in [0.4, 0.5) is 0 Å². The molecule has 0 bridgehead atoms. The number of rotatable bonds is 3.